The topological polar surface area (TPSA) is 97.2 Å². The Balaban J connectivity index is 1.49. The molecule has 1 N–H and O–H groups in total. The van der Waals surface area contributed by atoms with Crippen molar-refractivity contribution in [1.82, 2.24) is 25.2 Å². The smallest absolute Gasteiger partial charge is 0.255 e. The van der Waals surface area contributed by atoms with Crippen molar-refractivity contribution in [3.8, 4) is 16.9 Å². The molecule has 0 bridgehead atoms. The van der Waals surface area contributed by atoms with Gasteiger partial charge in [-0.25, -0.2) is 4.68 Å². The van der Waals surface area contributed by atoms with Crippen LogP contribution in [0.5, 0.6) is 0 Å². The molecular weight excluding hydrogens is 378 g/mol. The van der Waals surface area contributed by atoms with Gasteiger partial charge in [0, 0.05) is 35.0 Å². The average molecular weight is 393 g/mol. The van der Waals surface area contributed by atoms with E-state index in [4.69, 9.17) is 0 Å². The summed E-state index contributed by atoms with van der Waals surface area (Å²) in [5, 5.41) is 14.7. The van der Waals surface area contributed by atoms with Gasteiger partial charge in [0.15, 0.2) is 0 Å². The van der Waals surface area contributed by atoms with Gasteiger partial charge < -0.3 is 4.90 Å². The zero-order valence-electron chi connectivity index (χ0n) is 14.7. The first kappa shape index (κ1) is 16.8. The van der Waals surface area contributed by atoms with Crippen LogP contribution in [0, 0.1) is 0 Å². The fraction of sp³-hybridized carbons (Fsp3) is 0.211. The van der Waals surface area contributed by atoms with Gasteiger partial charge in [0.2, 0.25) is 11.8 Å². The molecule has 2 aromatic heterocycles. The van der Waals surface area contributed by atoms with E-state index in [0.29, 0.717) is 18.5 Å². The van der Waals surface area contributed by atoms with E-state index in [9.17, 15) is 14.4 Å². The Morgan fingerprint density at radius 3 is 2.86 bits per heavy atom. The van der Waals surface area contributed by atoms with Crippen LogP contribution in [-0.4, -0.2) is 43.7 Å². The molecule has 1 atom stereocenters. The lowest BCUT2D eigenvalue weighted by atomic mass is 10.0. The minimum absolute atomic E-state index is 0.204. The number of hydrogen-bond donors (Lipinski definition) is 1. The van der Waals surface area contributed by atoms with Crippen LogP contribution in [0.15, 0.2) is 41.2 Å². The van der Waals surface area contributed by atoms with Crippen molar-refractivity contribution >= 4 is 29.1 Å². The number of amides is 3. The van der Waals surface area contributed by atoms with Crippen LogP contribution < -0.4 is 5.32 Å². The minimum atomic E-state index is -0.637. The summed E-state index contributed by atoms with van der Waals surface area (Å²) in [6, 6.07) is 6.77. The first-order valence-electron chi connectivity index (χ1n) is 8.83. The summed E-state index contributed by atoms with van der Waals surface area (Å²) in [6.45, 7) is 0.296. The number of aromatic nitrogens is 3. The van der Waals surface area contributed by atoms with Crippen LogP contribution in [-0.2, 0) is 16.1 Å². The normalized spacial score (nSPS) is 19.1. The maximum Gasteiger partial charge on any atom is 0.255 e. The molecule has 1 aromatic carbocycles. The Morgan fingerprint density at radius 2 is 2.07 bits per heavy atom. The molecule has 0 radical (unpaired) electrons. The summed E-state index contributed by atoms with van der Waals surface area (Å²) in [7, 11) is 0. The Labute approximate surface area is 163 Å². The number of nitrogens with zero attached hydrogens (tertiary/aromatic N) is 4. The maximum atomic E-state index is 12.9. The first-order valence-corrected chi connectivity index (χ1v) is 9.78. The van der Waals surface area contributed by atoms with Gasteiger partial charge in [-0.1, -0.05) is 11.3 Å². The Bertz CT molecular complexity index is 1100. The van der Waals surface area contributed by atoms with Crippen LogP contribution in [0.3, 0.4) is 0 Å². The molecule has 28 heavy (non-hydrogen) atoms. The van der Waals surface area contributed by atoms with Crippen LogP contribution in [0.4, 0.5) is 0 Å². The molecule has 1 unspecified atom stereocenters. The molecule has 8 nitrogen and oxygen atoms in total. The first-order chi connectivity index (χ1) is 13.6. The van der Waals surface area contributed by atoms with Crippen LogP contribution in [0.2, 0.25) is 0 Å². The van der Waals surface area contributed by atoms with Crippen molar-refractivity contribution in [2.45, 2.75) is 25.4 Å². The van der Waals surface area contributed by atoms with E-state index in [2.05, 4.69) is 15.6 Å². The highest BCUT2D eigenvalue weighted by Crippen LogP contribution is 2.31. The van der Waals surface area contributed by atoms with Crippen LogP contribution >= 0.6 is 11.3 Å². The third-order valence-electron chi connectivity index (χ3n) is 5.11. The summed E-state index contributed by atoms with van der Waals surface area (Å²) < 4.78 is 1.66. The molecule has 2 aliphatic heterocycles. The number of rotatable bonds is 3. The van der Waals surface area contributed by atoms with Crippen molar-refractivity contribution in [2.75, 3.05) is 0 Å². The zero-order chi connectivity index (χ0) is 19.3. The Morgan fingerprint density at radius 1 is 1.18 bits per heavy atom. The number of thiophene rings is 1. The number of piperidine rings is 1. The van der Waals surface area contributed by atoms with Crippen molar-refractivity contribution in [1.29, 1.82) is 0 Å². The van der Waals surface area contributed by atoms with Gasteiger partial charge >= 0.3 is 0 Å². The summed E-state index contributed by atoms with van der Waals surface area (Å²) in [6.07, 6.45) is 2.40. The quantitative estimate of drug-likeness (QED) is 0.684. The number of nitrogens with one attached hydrogen (secondary N) is 1. The van der Waals surface area contributed by atoms with Gasteiger partial charge in [-0.3, -0.25) is 19.7 Å². The van der Waals surface area contributed by atoms with E-state index in [1.165, 1.54) is 4.90 Å². The summed E-state index contributed by atoms with van der Waals surface area (Å²) in [5.74, 6) is -0.918. The maximum absolute atomic E-state index is 12.9. The second-order valence-corrected chi connectivity index (χ2v) is 7.54. The highest BCUT2D eigenvalue weighted by molar-refractivity contribution is 7.08. The summed E-state index contributed by atoms with van der Waals surface area (Å²) in [5.41, 5.74) is 3.86. The second-order valence-electron chi connectivity index (χ2n) is 6.76. The van der Waals surface area contributed by atoms with Gasteiger partial charge in [0.05, 0.1) is 11.9 Å². The van der Waals surface area contributed by atoms with E-state index in [0.717, 1.165) is 22.5 Å². The highest BCUT2D eigenvalue weighted by atomic mass is 32.1. The predicted octanol–water partition coefficient (Wildman–Crippen LogP) is 1.76. The van der Waals surface area contributed by atoms with E-state index in [-0.39, 0.29) is 18.2 Å². The van der Waals surface area contributed by atoms with Gasteiger partial charge in [-0.15, -0.1) is 5.10 Å². The second kappa shape index (κ2) is 6.38. The summed E-state index contributed by atoms with van der Waals surface area (Å²) >= 11 is 1.59. The number of imide groups is 1. The number of benzene rings is 1. The van der Waals surface area contributed by atoms with E-state index in [1.54, 1.807) is 28.2 Å². The minimum Gasteiger partial charge on any atom is -0.322 e. The molecule has 0 spiro atoms. The van der Waals surface area contributed by atoms with Crippen LogP contribution in [0.1, 0.15) is 28.8 Å². The largest absolute Gasteiger partial charge is 0.322 e. The zero-order valence-corrected chi connectivity index (χ0v) is 15.5. The molecule has 1 fully saturated rings. The fourth-order valence-corrected chi connectivity index (χ4v) is 4.36. The molecule has 3 aromatic rings. The van der Waals surface area contributed by atoms with E-state index in [1.807, 2.05) is 29.1 Å². The van der Waals surface area contributed by atoms with E-state index < -0.39 is 11.9 Å². The molecule has 3 amide bonds. The van der Waals surface area contributed by atoms with Crippen molar-refractivity contribution in [3.63, 3.8) is 0 Å². The number of fused-ring (bicyclic) bond motifs is 1. The highest BCUT2D eigenvalue weighted by Gasteiger charge is 2.40. The lowest BCUT2D eigenvalue weighted by Crippen LogP contribution is -2.52. The molecule has 9 heteroatoms. The van der Waals surface area contributed by atoms with Crippen LogP contribution in [0.25, 0.3) is 16.9 Å². The van der Waals surface area contributed by atoms with E-state index >= 15 is 0 Å². The third kappa shape index (κ3) is 2.63. The molecule has 4 heterocycles. The predicted molar refractivity (Wildman–Crippen MR) is 101 cm³/mol. The van der Waals surface area contributed by atoms with Gasteiger partial charge in [-0.05, 0) is 30.0 Å². The Kier molecular flexibility index (Phi) is 3.83. The molecular formula is C19H15N5O3S. The fourth-order valence-electron chi connectivity index (χ4n) is 3.71. The lowest BCUT2D eigenvalue weighted by molar-refractivity contribution is -0.136. The molecule has 140 valence electrons. The lowest BCUT2D eigenvalue weighted by Gasteiger charge is -2.29. The average Bonchev–Trinajstić information content (AvgIpc) is 3.42. The molecule has 2 aliphatic rings. The SMILES string of the molecule is O=C1CCC(N2Cc3c(cccc3-n3cc(-c4ccsc4)nn3)C2=O)C(=O)N1. The number of hydrogen-bond acceptors (Lipinski definition) is 6. The van der Waals surface area contributed by atoms with Crippen molar-refractivity contribution < 1.29 is 14.4 Å². The van der Waals surface area contributed by atoms with Gasteiger partial charge in [-0.2, -0.15) is 11.3 Å². The monoisotopic (exact) mass is 393 g/mol. The number of carbonyl (C=O) groups is 3. The molecule has 0 aliphatic carbocycles. The van der Waals surface area contributed by atoms with Crippen molar-refractivity contribution in [3.05, 3.63) is 52.3 Å². The molecule has 1 saturated heterocycles. The number of carbonyl (C=O) groups excluding carboxylic acids is 3. The van der Waals surface area contributed by atoms with Gasteiger partial charge in [0.1, 0.15) is 11.7 Å². The summed E-state index contributed by atoms with van der Waals surface area (Å²) in [4.78, 5) is 38.1. The van der Waals surface area contributed by atoms with Gasteiger partial charge in [0.25, 0.3) is 5.91 Å². The van der Waals surface area contributed by atoms with Crippen molar-refractivity contribution in [2.24, 2.45) is 0 Å². The standard InChI is InChI=1S/C19H15N5O3S/c25-17-5-4-16(18(26)20-17)23-8-13-12(19(23)27)2-1-3-15(13)24-9-14(21-22-24)11-6-7-28-10-11/h1-3,6-7,9-10,16H,4-5,8H2,(H,20,25,26). The Hall–Kier alpha value is -3.33. The third-order valence-corrected chi connectivity index (χ3v) is 5.80. The molecule has 0 saturated carbocycles. The molecule has 5 rings (SSSR count).